The van der Waals surface area contributed by atoms with Gasteiger partial charge in [-0.2, -0.15) is 4.31 Å². The van der Waals surface area contributed by atoms with Gasteiger partial charge in [0.15, 0.2) is 0 Å². The minimum Gasteiger partial charge on any atom is -0.369 e. The van der Waals surface area contributed by atoms with Crippen LogP contribution in [0.3, 0.4) is 0 Å². The van der Waals surface area contributed by atoms with Crippen LogP contribution in [0.2, 0.25) is 5.02 Å². The highest BCUT2D eigenvalue weighted by molar-refractivity contribution is 7.89. The summed E-state index contributed by atoms with van der Waals surface area (Å²) in [7, 11) is -3.56. The van der Waals surface area contributed by atoms with Crippen LogP contribution in [0.15, 0.2) is 47.4 Å². The summed E-state index contributed by atoms with van der Waals surface area (Å²) in [6.45, 7) is 4.78. The van der Waals surface area contributed by atoms with Crippen molar-refractivity contribution in [2.45, 2.75) is 24.7 Å². The number of hydrogen-bond donors (Lipinski definition) is 0. The Morgan fingerprint density at radius 2 is 1.62 bits per heavy atom. The molecule has 6 nitrogen and oxygen atoms in total. The second kappa shape index (κ2) is 7.97. The third-order valence-corrected chi connectivity index (χ3v) is 7.76. The van der Waals surface area contributed by atoms with Crippen molar-refractivity contribution < 1.29 is 13.2 Å². The fraction of sp³-hybridized carbons (Fsp3) is 0.381. The Hall–Kier alpha value is -2.09. The molecule has 2 aliphatic rings. The first-order chi connectivity index (χ1) is 13.9. The number of halogens is 1. The Balaban J connectivity index is 1.46. The standard InChI is InChI=1S/C21H24ClN3O3S/c1-16-4-5-17(22)15-20(16)23-11-13-24(14-12-23)29(27,28)19-8-6-18(7-9-19)25-10-2-3-21(25)26/h4-9,15H,2-3,10-14H2,1H3. The Kier molecular flexibility index (Phi) is 5.55. The summed E-state index contributed by atoms with van der Waals surface area (Å²) in [6.07, 6.45) is 1.39. The number of carbonyl (C=O) groups excluding carboxylic acids is 1. The van der Waals surface area contributed by atoms with Gasteiger partial charge in [0.25, 0.3) is 0 Å². The van der Waals surface area contributed by atoms with E-state index in [-0.39, 0.29) is 10.8 Å². The molecule has 154 valence electrons. The van der Waals surface area contributed by atoms with Gasteiger partial charge < -0.3 is 9.80 Å². The highest BCUT2D eigenvalue weighted by atomic mass is 35.5. The van der Waals surface area contributed by atoms with Gasteiger partial charge in [-0.3, -0.25) is 4.79 Å². The molecule has 0 spiro atoms. The number of rotatable bonds is 4. The van der Waals surface area contributed by atoms with Crippen molar-refractivity contribution in [2.75, 3.05) is 42.5 Å². The van der Waals surface area contributed by atoms with Crippen LogP contribution in [0.25, 0.3) is 0 Å². The van der Waals surface area contributed by atoms with Gasteiger partial charge in [-0.25, -0.2) is 8.42 Å². The van der Waals surface area contributed by atoms with Crippen molar-refractivity contribution in [3.63, 3.8) is 0 Å². The van der Waals surface area contributed by atoms with Crippen LogP contribution >= 0.6 is 11.6 Å². The number of benzene rings is 2. The Labute approximate surface area is 176 Å². The maximum absolute atomic E-state index is 13.1. The van der Waals surface area contributed by atoms with Gasteiger partial charge >= 0.3 is 0 Å². The monoisotopic (exact) mass is 433 g/mol. The predicted octanol–water partition coefficient (Wildman–Crippen LogP) is 3.29. The molecular weight excluding hydrogens is 410 g/mol. The lowest BCUT2D eigenvalue weighted by atomic mass is 10.1. The topological polar surface area (TPSA) is 60.9 Å². The number of carbonyl (C=O) groups is 1. The molecule has 0 aromatic heterocycles. The van der Waals surface area contributed by atoms with E-state index in [0.717, 1.165) is 23.4 Å². The lowest BCUT2D eigenvalue weighted by Crippen LogP contribution is -2.48. The van der Waals surface area contributed by atoms with Crippen molar-refractivity contribution in [2.24, 2.45) is 0 Å². The van der Waals surface area contributed by atoms with Crippen LogP contribution in [-0.2, 0) is 14.8 Å². The zero-order chi connectivity index (χ0) is 20.6. The van der Waals surface area contributed by atoms with Crippen molar-refractivity contribution >= 4 is 38.9 Å². The van der Waals surface area contributed by atoms with Gasteiger partial charge in [0, 0.05) is 55.5 Å². The van der Waals surface area contributed by atoms with E-state index in [2.05, 4.69) is 4.90 Å². The summed E-state index contributed by atoms with van der Waals surface area (Å²) in [5.74, 6) is 0.0908. The van der Waals surface area contributed by atoms with E-state index in [0.29, 0.717) is 44.2 Å². The summed E-state index contributed by atoms with van der Waals surface area (Å²) < 4.78 is 27.6. The second-order valence-electron chi connectivity index (χ2n) is 7.46. The maximum Gasteiger partial charge on any atom is 0.243 e. The van der Waals surface area contributed by atoms with Crippen molar-refractivity contribution in [3.05, 3.63) is 53.1 Å². The number of nitrogens with zero attached hydrogens (tertiary/aromatic N) is 3. The summed E-state index contributed by atoms with van der Waals surface area (Å²) in [6, 6.07) is 12.4. The average Bonchev–Trinajstić information content (AvgIpc) is 3.16. The van der Waals surface area contributed by atoms with Gasteiger partial charge in [-0.05, 0) is 55.3 Å². The Morgan fingerprint density at radius 3 is 2.24 bits per heavy atom. The van der Waals surface area contributed by atoms with Gasteiger partial charge in [0.05, 0.1) is 4.90 Å². The van der Waals surface area contributed by atoms with Crippen molar-refractivity contribution in [1.29, 1.82) is 0 Å². The van der Waals surface area contributed by atoms with Crippen molar-refractivity contribution in [1.82, 2.24) is 4.31 Å². The molecule has 0 atom stereocenters. The summed E-state index contributed by atoms with van der Waals surface area (Å²) in [5, 5.41) is 0.678. The van der Waals surface area contributed by atoms with Gasteiger partial charge in [-0.1, -0.05) is 17.7 Å². The highest BCUT2D eigenvalue weighted by Crippen LogP contribution is 2.28. The van der Waals surface area contributed by atoms with Crippen LogP contribution in [0.1, 0.15) is 18.4 Å². The molecule has 0 radical (unpaired) electrons. The highest BCUT2D eigenvalue weighted by Gasteiger charge is 2.29. The zero-order valence-electron chi connectivity index (χ0n) is 16.3. The molecule has 2 aromatic rings. The van der Waals surface area contributed by atoms with Crippen LogP contribution in [0.4, 0.5) is 11.4 Å². The SMILES string of the molecule is Cc1ccc(Cl)cc1N1CCN(S(=O)(=O)c2ccc(N3CCCC3=O)cc2)CC1. The number of anilines is 2. The van der Waals surface area contributed by atoms with Crippen LogP contribution < -0.4 is 9.80 Å². The minimum absolute atomic E-state index is 0.0908. The largest absolute Gasteiger partial charge is 0.369 e. The van der Waals surface area contributed by atoms with Crippen LogP contribution in [0, 0.1) is 6.92 Å². The number of sulfonamides is 1. The second-order valence-corrected chi connectivity index (χ2v) is 9.84. The molecule has 0 aliphatic carbocycles. The van der Waals surface area contributed by atoms with Crippen molar-refractivity contribution in [3.8, 4) is 0 Å². The van der Waals surface area contributed by atoms with E-state index >= 15 is 0 Å². The maximum atomic E-state index is 13.1. The Morgan fingerprint density at radius 1 is 0.931 bits per heavy atom. The minimum atomic E-state index is -3.56. The molecule has 0 unspecified atom stereocenters. The first kappa shape index (κ1) is 20.2. The molecule has 2 saturated heterocycles. The Bertz CT molecular complexity index is 1020. The molecular formula is C21H24ClN3O3S. The quantitative estimate of drug-likeness (QED) is 0.742. The van der Waals surface area contributed by atoms with E-state index in [1.54, 1.807) is 29.2 Å². The number of piperazine rings is 1. The first-order valence-electron chi connectivity index (χ1n) is 9.78. The van der Waals surface area contributed by atoms with E-state index in [1.807, 2.05) is 25.1 Å². The third kappa shape index (κ3) is 3.99. The molecule has 2 fully saturated rings. The van der Waals surface area contributed by atoms with Gasteiger partial charge in [0.2, 0.25) is 15.9 Å². The lowest BCUT2D eigenvalue weighted by molar-refractivity contribution is -0.117. The summed E-state index contributed by atoms with van der Waals surface area (Å²) in [4.78, 5) is 16.0. The molecule has 2 heterocycles. The third-order valence-electron chi connectivity index (χ3n) is 5.61. The van der Waals surface area contributed by atoms with Gasteiger partial charge in [0.1, 0.15) is 0 Å². The van der Waals surface area contributed by atoms with E-state index < -0.39 is 10.0 Å². The number of aryl methyl sites for hydroxylation is 1. The molecule has 2 aromatic carbocycles. The molecule has 0 N–H and O–H groups in total. The predicted molar refractivity (Wildman–Crippen MR) is 115 cm³/mol. The van der Waals surface area contributed by atoms with Gasteiger partial charge in [-0.15, -0.1) is 0 Å². The molecule has 0 bridgehead atoms. The molecule has 29 heavy (non-hydrogen) atoms. The van der Waals surface area contributed by atoms with E-state index in [1.165, 1.54) is 4.31 Å². The van der Waals surface area contributed by atoms with Crippen LogP contribution in [-0.4, -0.2) is 51.4 Å². The first-order valence-corrected chi connectivity index (χ1v) is 11.6. The molecule has 4 rings (SSSR count). The normalized spacial score (nSPS) is 18.5. The fourth-order valence-corrected chi connectivity index (χ4v) is 5.55. The summed E-state index contributed by atoms with van der Waals surface area (Å²) >= 11 is 6.13. The fourth-order valence-electron chi connectivity index (χ4n) is 3.96. The molecule has 8 heteroatoms. The zero-order valence-corrected chi connectivity index (χ0v) is 17.9. The number of amides is 1. The number of hydrogen-bond acceptors (Lipinski definition) is 4. The van der Waals surface area contributed by atoms with E-state index in [9.17, 15) is 13.2 Å². The molecule has 1 amide bonds. The lowest BCUT2D eigenvalue weighted by Gasteiger charge is -2.36. The molecule has 2 aliphatic heterocycles. The van der Waals surface area contributed by atoms with Crippen LogP contribution in [0.5, 0.6) is 0 Å². The van der Waals surface area contributed by atoms with E-state index in [4.69, 9.17) is 11.6 Å². The summed E-state index contributed by atoms with van der Waals surface area (Å²) in [5.41, 5.74) is 2.93. The smallest absolute Gasteiger partial charge is 0.243 e. The molecule has 0 saturated carbocycles. The average molecular weight is 434 g/mol.